The number of rotatable bonds is 11. The van der Waals surface area contributed by atoms with Crippen LogP contribution in [0.15, 0.2) is 255 Å². The van der Waals surface area contributed by atoms with Crippen molar-refractivity contribution >= 4 is 0 Å². The van der Waals surface area contributed by atoms with Crippen molar-refractivity contribution in [1.29, 1.82) is 0 Å². The van der Waals surface area contributed by atoms with Gasteiger partial charge in [0.25, 0.3) is 0 Å². The summed E-state index contributed by atoms with van der Waals surface area (Å²) >= 11 is 0. The number of hydrogen-bond acceptors (Lipinski definition) is 3. The van der Waals surface area contributed by atoms with E-state index >= 15 is 0 Å². The molecule has 4 heteroatoms. The molecule has 75 heavy (non-hydrogen) atoms. The maximum atomic E-state index is 4.80. The molecular formula is C71H48IrN3. The van der Waals surface area contributed by atoms with Crippen molar-refractivity contribution < 1.29 is 20.1 Å². The fraction of sp³-hybridized carbons (Fsp3) is 0.0282. The van der Waals surface area contributed by atoms with E-state index in [1.54, 1.807) is 0 Å². The summed E-state index contributed by atoms with van der Waals surface area (Å²) in [4.78, 5) is 14.1. The number of aryl methyl sites for hydroxylation is 2. The quantitative estimate of drug-likeness (QED) is 0.121. The fourth-order valence-electron chi connectivity index (χ4n) is 9.86. The Hall–Kier alpha value is -8.92. The molecule has 3 aromatic heterocycles. The van der Waals surface area contributed by atoms with E-state index in [4.69, 9.17) is 4.98 Å². The minimum absolute atomic E-state index is 0. The first-order chi connectivity index (χ1) is 36.5. The predicted octanol–water partition coefficient (Wildman–Crippen LogP) is 18.2. The Morgan fingerprint density at radius 3 is 1.08 bits per heavy atom. The Morgan fingerprint density at radius 2 is 0.653 bits per heavy atom. The van der Waals surface area contributed by atoms with Crippen LogP contribution in [-0.4, -0.2) is 15.0 Å². The van der Waals surface area contributed by atoms with Gasteiger partial charge in [-0.3, -0.25) is 0 Å². The maximum absolute atomic E-state index is 4.80. The van der Waals surface area contributed by atoms with Crippen LogP contribution in [-0.2, 0) is 20.1 Å². The Balaban J connectivity index is 0.00000602. The Labute approximate surface area is 453 Å². The van der Waals surface area contributed by atoms with E-state index in [0.717, 1.165) is 117 Å². The fourth-order valence-corrected chi connectivity index (χ4v) is 9.86. The van der Waals surface area contributed by atoms with Crippen LogP contribution in [0, 0.1) is 32.0 Å². The monoisotopic (exact) mass is 1140 g/mol. The van der Waals surface area contributed by atoms with Crippen LogP contribution in [0.4, 0.5) is 0 Å². The van der Waals surface area contributed by atoms with Crippen LogP contribution in [0.3, 0.4) is 0 Å². The van der Waals surface area contributed by atoms with Gasteiger partial charge in [-0.1, -0.05) is 191 Å². The molecule has 12 aromatic rings. The Morgan fingerprint density at radius 1 is 0.267 bits per heavy atom. The molecule has 0 amide bonds. The van der Waals surface area contributed by atoms with Crippen molar-refractivity contribution in [2.75, 3.05) is 0 Å². The van der Waals surface area contributed by atoms with Gasteiger partial charge in [0.1, 0.15) is 0 Å². The van der Waals surface area contributed by atoms with Gasteiger partial charge < -0.3 is 15.0 Å². The molecule has 0 N–H and O–H groups in total. The van der Waals surface area contributed by atoms with E-state index in [2.05, 4.69) is 266 Å². The van der Waals surface area contributed by atoms with Crippen LogP contribution >= 0.6 is 0 Å². The molecule has 0 atom stereocenters. The van der Waals surface area contributed by atoms with Gasteiger partial charge >= 0.3 is 20.1 Å². The first kappa shape index (κ1) is 48.4. The van der Waals surface area contributed by atoms with Crippen molar-refractivity contribution in [3.05, 3.63) is 285 Å². The minimum Gasteiger partial charge on any atom is -0.305 e. The number of hydrogen-bond donors (Lipinski definition) is 0. The van der Waals surface area contributed by atoms with Crippen molar-refractivity contribution in [1.82, 2.24) is 15.0 Å². The van der Waals surface area contributed by atoms with E-state index in [1.807, 2.05) is 30.7 Å². The first-order valence-electron chi connectivity index (χ1n) is 25.0. The third-order valence-corrected chi connectivity index (χ3v) is 13.8. The Bertz CT molecular complexity index is 3920. The molecule has 0 fully saturated rings. The van der Waals surface area contributed by atoms with E-state index in [9.17, 15) is 0 Å². The van der Waals surface area contributed by atoms with Crippen LogP contribution in [0.2, 0.25) is 0 Å². The van der Waals surface area contributed by atoms with Gasteiger partial charge in [-0.25, -0.2) is 0 Å². The topological polar surface area (TPSA) is 38.7 Å². The third kappa shape index (κ3) is 10.4. The summed E-state index contributed by atoms with van der Waals surface area (Å²) in [5, 5.41) is 0. The zero-order valence-corrected chi connectivity index (χ0v) is 43.8. The summed E-state index contributed by atoms with van der Waals surface area (Å²) in [6.45, 7) is 4.15. The van der Waals surface area contributed by atoms with Gasteiger partial charge in [-0.15, -0.1) is 89.5 Å². The third-order valence-electron chi connectivity index (χ3n) is 13.8. The molecule has 0 aliphatic rings. The summed E-state index contributed by atoms with van der Waals surface area (Å²) < 4.78 is 0. The van der Waals surface area contributed by atoms with E-state index in [0.29, 0.717) is 0 Å². The van der Waals surface area contributed by atoms with Crippen molar-refractivity contribution in [2.24, 2.45) is 0 Å². The summed E-state index contributed by atoms with van der Waals surface area (Å²) in [5.41, 5.74) is 25.8. The molecule has 0 radical (unpaired) electrons. The molecular weight excluding hydrogens is 1090 g/mol. The second-order valence-corrected chi connectivity index (χ2v) is 18.7. The number of aromatic nitrogens is 3. The van der Waals surface area contributed by atoms with Gasteiger partial charge in [0, 0.05) is 18.6 Å². The average molecular weight is 1140 g/mol. The van der Waals surface area contributed by atoms with Crippen molar-refractivity contribution in [3.8, 4) is 123 Å². The van der Waals surface area contributed by atoms with Gasteiger partial charge in [0.15, 0.2) is 0 Å². The summed E-state index contributed by atoms with van der Waals surface area (Å²) in [5.74, 6) is 0. The summed E-state index contributed by atoms with van der Waals surface area (Å²) in [7, 11) is 0. The molecule has 9 aromatic carbocycles. The minimum atomic E-state index is 0. The van der Waals surface area contributed by atoms with E-state index in [1.165, 1.54) is 16.7 Å². The molecule has 3 nitrogen and oxygen atoms in total. The molecule has 0 unspecified atom stereocenters. The van der Waals surface area contributed by atoms with Crippen LogP contribution in [0.1, 0.15) is 11.1 Å². The molecule has 0 saturated carbocycles. The number of nitrogens with zero attached hydrogens (tertiary/aromatic N) is 3. The molecule has 3 heterocycles. The second kappa shape index (κ2) is 21.7. The van der Waals surface area contributed by atoms with Crippen LogP contribution < -0.4 is 0 Å². The van der Waals surface area contributed by atoms with Crippen molar-refractivity contribution in [3.63, 3.8) is 0 Å². The van der Waals surface area contributed by atoms with Crippen LogP contribution in [0.5, 0.6) is 0 Å². The standard InChI is InChI=1S/C71H48N3.Ir/c1-48-38-40-72-70(42-48)57-33-27-54(28-34-57)64-15-7-10-18-67(64)61-43-60(66-17-9-6-14-63(66)53-25-31-56(32-26-53)69-37-20-49(2)47-74-69)44-62(45-61)68-19-11-8-16-65(68)55-29-35-58(36-30-55)71-46-59(39-41-73-71)52-23-21-51(22-24-52)50-12-4-3-5-13-50;/h3-31,33,35,37-47H,1-2H3;/q-3;+3. The normalized spacial score (nSPS) is 11.0. The zero-order chi connectivity index (χ0) is 49.8. The zero-order valence-electron chi connectivity index (χ0n) is 41.4. The Kier molecular flexibility index (Phi) is 14.0. The molecule has 356 valence electrons. The van der Waals surface area contributed by atoms with Crippen molar-refractivity contribution in [2.45, 2.75) is 13.8 Å². The van der Waals surface area contributed by atoms with Crippen LogP contribution in [0.25, 0.3) is 123 Å². The second-order valence-electron chi connectivity index (χ2n) is 18.7. The molecule has 12 rings (SSSR count). The molecule has 0 spiro atoms. The summed E-state index contributed by atoms with van der Waals surface area (Å²) in [6.07, 6.45) is 5.65. The van der Waals surface area contributed by atoms with Gasteiger partial charge in [0.2, 0.25) is 0 Å². The largest absolute Gasteiger partial charge is 3.00 e. The molecule has 0 bridgehead atoms. The molecule has 0 aliphatic carbocycles. The molecule has 0 aliphatic heterocycles. The van der Waals surface area contributed by atoms with Gasteiger partial charge in [-0.2, -0.15) is 0 Å². The average Bonchev–Trinajstić information content (AvgIpc) is 3.48. The molecule has 0 saturated heterocycles. The maximum Gasteiger partial charge on any atom is 3.00 e. The number of pyridine rings is 3. The number of benzene rings is 9. The summed E-state index contributed by atoms with van der Waals surface area (Å²) in [6, 6.07) is 94.8. The first-order valence-corrected chi connectivity index (χ1v) is 25.0. The smallest absolute Gasteiger partial charge is 0.305 e. The SMILES string of the molecule is Cc1ccc(-c2[c-]cc(-c3ccccc3-c3cc(-c4ccccc4-c4c[c-]c(-c5cc(C)ccn5)cc4)cc(-c4ccccc4-c4c[c-]c(-c5cc(-c6ccc(-c7ccccc7)cc6)ccn5)cc4)c3)cc2)nc1.[Ir+3]. The predicted molar refractivity (Wildman–Crippen MR) is 306 cm³/mol. The van der Waals surface area contributed by atoms with E-state index in [-0.39, 0.29) is 20.1 Å². The van der Waals surface area contributed by atoms with Gasteiger partial charge in [-0.05, 0) is 122 Å². The van der Waals surface area contributed by atoms with E-state index < -0.39 is 0 Å². The van der Waals surface area contributed by atoms with Gasteiger partial charge in [0.05, 0.1) is 0 Å².